The number of methoxy groups -OCH3 is 1. The Bertz CT molecular complexity index is 761. The number of hydrogen-bond acceptors (Lipinski definition) is 3. The van der Waals surface area contributed by atoms with Gasteiger partial charge < -0.3 is 9.30 Å². The number of imidazole rings is 1. The van der Waals surface area contributed by atoms with E-state index in [2.05, 4.69) is 18.8 Å². The molecule has 4 saturated carbocycles. The molecule has 30 heavy (non-hydrogen) atoms. The van der Waals surface area contributed by atoms with E-state index in [9.17, 15) is 4.79 Å². The van der Waals surface area contributed by atoms with Crippen molar-refractivity contribution >= 4 is 5.78 Å². The Morgan fingerprint density at radius 3 is 2.63 bits per heavy atom. The van der Waals surface area contributed by atoms with Crippen LogP contribution in [0.5, 0.6) is 0 Å². The second-order valence-corrected chi connectivity index (χ2v) is 11.6. The predicted octanol–water partition coefficient (Wildman–Crippen LogP) is 5.37. The Labute approximate surface area is 182 Å². The summed E-state index contributed by atoms with van der Waals surface area (Å²) >= 11 is 0. The van der Waals surface area contributed by atoms with Crippen LogP contribution in [0.2, 0.25) is 0 Å². The topological polar surface area (TPSA) is 44.1 Å². The summed E-state index contributed by atoms with van der Waals surface area (Å²) in [6, 6.07) is 0. The minimum atomic E-state index is 0.211. The maximum absolute atomic E-state index is 13.3. The first-order valence-corrected chi connectivity index (χ1v) is 12.4. The molecule has 0 aromatic carbocycles. The zero-order valence-electron chi connectivity index (χ0n) is 19.2. The quantitative estimate of drug-likeness (QED) is 0.653. The zero-order valence-corrected chi connectivity index (χ0v) is 19.2. The van der Waals surface area contributed by atoms with Crippen LogP contribution in [0.3, 0.4) is 0 Å². The monoisotopic (exact) mass is 412 g/mol. The highest BCUT2D eigenvalue weighted by molar-refractivity contribution is 5.82. The summed E-state index contributed by atoms with van der Waals surface area (Å²) < 4.78 is 7.52. The molecule has 4 nitrogen and oxygen atoms in total. The standard InChI is InChI=1S/C26H40N2O2/c1-25-11-10-22-20(7-6-19-5-4-18(16-30-3)14-26(19,22)2)21(25)8-9-23(25)24(29)15-28-13-12-27-17-28/h12-13,17-23H,4-11,14-16H2,1-3H3/t18?,19-,20+,21+,22+,23-,25+,26+/m1/s1. The van der Waals surface area contributed by atoms with Crippen LogP contribution < -0.4 is 0 Å². The third kappa shape index (κ3) is 3.20. The molecular formula is C26H40N2O2. The van der Waals surface area contributed by atoms with Crippen molar-refractivity contribution < 1.29 is 9.53 Å². The molecule has 0 radical (unpaired) electrons. The summed E-state index contributed by atoms with van der Waals surface area (Å²) in [4.78, 5) is 17.4. The van der Waals surface area contributed by atoms with Gasteiger partial charge in [0, 0.05) is 32.0 Å². The third-order valence-corrected chi connectivity index (χ3v) is 10.4. The van der Waals surface area contributed by atoms with Gasteiger partial charge in [-0.15, -0.1) is 0 Å². The first-order valence-electron chi connectivity index (χ1n) is 12.4. The fourth-order valence-corrected chi connectivity index (χ4v) is 9.07. The van der Waals surface area contributed by atoms with Crippen molar-refractivity contribution in [3.63, 3.8) is 0 Å². The molecule has 5 rings (SSSR count). The first-order chi connectivity index (χ1) is 14.5. The molecule has 4 fully saturated rings. The van der Waals surface area contributed by atoms with Gasteiger partial charge in [-0.1, -0.05) is 13.8 Å². The molecule has 0 bridgehead atoms. The summed E-state index contributed by atoms with van der Waals surface area (Å²) in [5, 5.41) is 0. The molecule has 0 amide bonds. The van der Waals surface area contributed by atoms with E-state index in [1.54, 1.807) is 12.5 Å². The predicted molar refractivity (Wildman–Crippen MR) is 118 cm³/mol. The molecule has 4 heteroatoms. The van der Waals surface area contributed by atoms with E-state index in [4.69, 9.17) is 4.74 Å². The third-order valence-electron chi connectivity index (χ3n) is 10.4. The molecule has 4 aliphatic carbocycles. The lowest BCUT2D eigenvalue weighted by Crippen LogP contribution is -2.54. The molecule has 0 saturated heterocycles. The Kier molecular flexibility index (Phi) is 5.36. The number of ether oxygens (including phenoxy) is 1. The van der Waals surface area contributed by atoms with Crippen LogP contribution in [0.1, 0.15) is 71.6 Å². The van der Waals surface area contributed by atoms with Gasteiger partial charge in [-0.05, 0) is 98.2 Å². The Balaban J connectivity index is 1.35. The number of aromatic nitrogens is 2. The second-order valence-electron chi connectivity index (χ2n) is 11.6. The highest BCUT2D eigenvalue weighted by atomic mass is 16.5. The van der Waals surface area contributed by atoms with Crippen LogP contribution in [0.4, 0.5) is 0 Å². The van der Waals surface area contributed by atoms with Gasteiger partial charge in [0.25, 0.3) is 0 Å². The lowest BCUT2D eigenvalue weighted by atomic mass is 9.44. The molecule has 1 unspecified atom stereocenters. The number of fused-ring (bicyclic) bond motifs is 5. The Morgan fingerprint density at radius 1 is 1.07 bits per heavy atom. The first kappa shape index (κ1) is 20.7. The number of carbonyl (C=O) groups excluding carboxylic acids is 1. The maximum atomic E-state index is 13.3. The smallest absolute Gasteiger partial charge is 0.156 e. The number of ketones is 1. The molecule has 8 atom stereocenters. The molecule has 0 aliphatic heterocycles. The summed E-state index contributed by atoms with van der Waals surface area (Å²) in [5.74, 6) is 4.77. The van der Waals surface area contributed by atoms with Gasteiger partial charge in [0.05, 0.1) is 12.9 Å². The summed E-state index contributed by atoms with van der Waals surface area (Å²) in [6.07, 6.45) is 17.4. The number of rotatable bonds is 5. The molecular weight excluding hydrogens is 372 g/mol. The van der Waals surface area contributed by atoms with Crippen LogP contribution in [-0.4, -0.2) is 29.1 Å². The van der Waals surface area contributed by atoms with Crippen molar-refractivity contribution in [2.45, 2.75) is 78.2 Å². The van der Waals surface area contributed by atoms with Gasteiger partial charge in [-0.3, -0.25) is 4.79 Å². The summed E-state index contributed by atoms with van der Waals surface area (Å²) in [7, 11) is 1.86. The van der Waals surface area contributed by atoms with Crippen LogP contribution in [-0.2, 0) is 16.1 Å². The van der Waals surface area contributed by atoms with E-state index in [0.717, 1.165) is 42.6 Å². The number of carbonyl (C=O) groups is 1. The Morgan fingerprint density at radius 2 is 1.87 bits per heavy atom. The molecule has 4 aliphatic rings. The number of hydrogen-bond donors (Lipinski definition) is 0. The van der Waals surface area contributed by atoms with Gasteiger partial charge in [-0.25, -0.2) is 4.98 Å². The fraction of sp³-hybridized carbons (Fsp3) is 0.846. The minimum Gasteiger partial charge on any atom is -0.384 e. The number of nitrogens with zero attached hydrogens (tertiary/aromatic N) is 2. The highest BCUT2D eigenvalue weighted by Gasteiger charge is 2.61. The van der Waals surface area contributed by atoms with Gasteiger partial charge in [0.2, 0.25) is 0 Å². The van der Waals surface area contributed by atoms with Gasteiger partial charge in [-0.2, -0.15) is 0 Å². The van der Waals surface area contributed by atoms with Crippen molar-refractivity contribution in [2.24, 2.45) is 46.3 Å². The molecule has 0 spiro atoms. The average Bonchev–Trinajstić information content (AvgIpc) is 3.34. The van der Waals surface area contributed by atoms with Crippen LogP contribution in [0.15, 0.2) is 18.7 Å². The SMILES string of the molecule is COCC1CC[C@@H]2CC[C@@H]3[C@H](CC[C@]4(C)[C@@H](C(=O)Cn5ccnc5)CC[C@@H]34)[C@@]2(C)C1. The van der Waals surface area contributed by atoms with Gasteiger partial charge >= 0.3 is 0 Å². The molecule has 0 N–H and O–H groups in total. The zero-order chi connectivity index (χ0) is 20.9. The molecule has 166 valence electrons. The van der Waals surface area contributed by atoms with Crippen molar-refractivity contribution in [1.29, 1.82) is 0 Å². The van der Waals surface area contributed by atoms with Crippen LogP contribution in [0.25, 0.3) is 0 Å². The Hall–Kier alpha value is -1.16. The summed E-state index contributed by atoms with van der Waals surface area (Å²) in [6.45, 7) is 6.54. The van der Waals surface area contributed by atoms with E-state index < -0.39 is 0 Å². The van der Waals surface area contributed by atoms with Crippen molar-refractivity contribution in [3.8, 4) is 0 Å². The van der Waals surface area contributed by atoms with E-state index in [1.165, 1.54) is 51.4 Å². The summed E-state index contributed by atoms with van der Waals surface area (Å²) in [5.41, 5.74) is 0.702. The number of Topliss-reactive ketones (excluding diaryl/α,β-unsaturated/α-hetero) is 1. The van der Waals surface area contributed by atoms with Gasteiger partial charge in [0.15, 0.2) is 5.78 Å². The van der Waals surface area contributed by atoms with Crippen LogP contribution in [0, 0.1) is 46.3 Å². The average molecular weight is 413 g/mol. The van der Waals surface area contributed by atoms with Crippen molar-refractivity contribution in [3.05, 3.63) is 18.7 Å². The van der Waals surface area contributed by atoms with Gasteiger partial charge in [0.1, 0.15) is 0 Å². The lowest BCUT2D eigenvalue weighted by Gasteiger charge is -2.61. The largest absolute Gasteiger partial charge is 0.384 e. The van der Waals surface area contributed by atoms with E-state index in [-0.39, 0.29) is 11.3 Å². The fourth-order valence-electron chi connectivity index (χ4n) is 9.07. The highest BCUT2D eigenvalue weighted by Crippen LogP contribution is 2.67. The lowest BCUT2D eigenvalue weighted by molar-refractivity contribution is -0.139. The van der Waals surface area contributed by atoms with Crippen molar-refractivity contribution in [2.75, 3.05) is 13.7 Å². The minimum absolute atomic E-state index is 0.211. The molecule has 1 aromatic rings. The van der Waals surface area contributed by atoms with E-state index >= 15 is 0 Å². The second kappa shape index (κ2) is 7.76. The van der Waals surface area contributed by atoms with E-state index in [1.807, 2.05) is 17.9 Å². The van der Waals surface area contributed by atoms with Crippen LogP contribution >= 0.6 is 0 Å². The molecule has 1 aromatic heterocycles. The van der Waals surface area contributed by atoms with E-state index in [0.29, 0.717) is 17.7 Å². The molecule has 1 heterocycles. The van der Waals surface area contributed by atoms with Crippen molar-refractivity contribution in [1.82, 2.24) is 9.55 Å². The normalized spacial score (nSPS) is 45.4. The maximum Gasteiger partial charge on any atom is 0.156 e.